The van der Waals surface area contributed by atoms with E-state index in [1.165, 1.54) is 0 Å². The van der Waals surface area contributed by atoms with Crippen molar-refractivity contribution in [1.82, 2.24) is 20.1 Å². The van der Waals surface area contributed by atoms with Gasteiger partial charge in [-0.25, -0.2) is 4.98 Å². The molecule has 0 bridgehead atoms. The number of rotatable bonds is 6. The highest BCUT2D eigenvalue weighted by Crippen LogP contribution is 2.19. The number of aryl methyl sites for hydroxylation is 1. The minimum atomic E-state index is -0.119. The zero-order valence-corrected chi connectivity index (χ0v) is 11.2. The lowest BCUT2D eigenvalue weighted by Gasteiger charge is -2.08. The summed E-state index contributed by atoms with van der Waals surface area (Å²) < 4.78 is 7.03. The first-order valence-electron chi connectivity index (χ1n) is 6.23. The number of aromatic nitrogens is 3. The summed E-state index contributed by atoms with van der Waals surface area (Å²) in [6, 6.07) is 7.18. The third-order valence-corrected chi connectivity index (χ3v) is 2.60. The molecule has 1 aromatic carbocycles. The summed E-state index contributed by atoms with van der Waals surface area (Å²) in [6.07, 6.45) is 1.84. The number of para-hydroxylation sites is 2. The zero-order valence-electron chi connectivity index (χ0n) is 11.2. The van der Waals surface area contributed by atoms with E-state index < -0.39 is 0 Å². The van der Waals surface area contributed by atoms with Crippen LogP contribution in [0.1, 0.15) is 12.2 Å². The fourth-order valence-corrected chi connectivity index (χ4v) is 1.60. The van der Waals surface area contributed by atoms with E-state index in [0.717, 1.165) is 0 Å². The number of hydrogen-bond acceptors (Lipinski definition) is 5. The van der Waals surface area contributed by atoms with Crippen LogP contribution in [0, 0.1) is 0 Å². The number of nitrogens with one attached hydrogen (secondary N) is 1. The van der Waals surface area contributed by atoms with Crippen molar-refractivity contribution in [2.75, 3.05) is 12.3 Å². The highest BCUT2D eigenvalue weighted by atomic mass is 16.5. The van der Waals surface area contributed by atoms with Crippen LogP contribution in [-0.4, -0.2) is 27.3 Å². The molecule has 0 saturated heterocycles. The van der Waals surface area contributed by atoms with Crippen LogP contribution in [-0.2, 0) is 18.4 Å². The molecule has 7 heteroatoms. The molecular formula is C13H17N5O2. The number of amides is 1. The maximum absolute atomic E-state index is 11.6. The molecule has 106 valence electrons. The Morgan fingerprint density at radius 3 is 2.95 bits per heavy atom. The molecule has 7 nitrogen and oxygen atoms in total. The first-order chi connectivity index (χ1) is 9.65. The van der Waals surface area contributed by atoms with Crippen molar-refractivity contribution in [1.29, 1.82) is 0 Å². The van der Waals surface area contributed by atoms with Crippen molar-refractivity contribution >= 4 is 11.6 Å². The van der Waals surface area contributed by atoms with Crippen LogP contribution in [0.2, 0.25) is 0 Å². The lowest BCUT2D eigenvalue weighted by molar-refractivity contribution is -0.121. The molecule has 0 aliphatic carbocycles. The number of carbonyl (C=O) groups excluding carboxylic acids is 1. The SMILES string of the molecule is Cn1cnc(CNC(=O)CCOc2ccccc2N)n1. The van der Waals surface area contributed by atoms with Crippen LogP contribution in [0.4, 0.5) is 5.69 Å². The standard InChI is InChI=1S/C13H17N5O2/c1-18-9-16-12(17-18)8-15-13(19)6-7-20-11-5-3-2-4-10(11)14/h2-5,9H,6-8,14H2,1H3,(H,15,19). The van der Waals surface area contributed by atoms with Gasteiger partial charge in [-0.05, 0) is 12.1 Å². The van der Waals surface area contributed by atoms with Gasteiger partial charge < -0.3 is 15.8 Å². The van der Waals surface area contributed by atoms with Crippen LogP contribution in [0.15, 0.2) is 30.6 Å². The molecule has 1 amide bonds. The molecule has 2 rings (SSSR count). The van der Waals surface area contributed by atoms with Gasteiger partial charge in [0.15, 0.2) is 5.82 Å². The van der Waals surface area contributed by atoms with Crippen LogP contribution >= 0.6 is 0 Å². The molecule has 2 aromatic rings. The lowest BCUT2D eigenvalue weighted by atomic mass is 10.3. The van der Waals surface area contributed by atoms with Crippen LogP contribution < -0.4 is 15.8 Å². The number of hydrogen-bond donors (Lipinski definition) is 2. The van der Waals surface area contributed by atoms with Gasteiger partial charge in [-0.1, -0.05) is 12.1 Å². The predicted molar refractivity (Wildman–Crippen MR) is 73.8 cm³/mol. The van der Waals surface area contributed by atoms with Crippen molar-refractivity contribution in [3.05, 3.63) is 36.4 Å². The Hall–Kier alpha value is -2.57. The second-order valence-electron chi connectivity index (χ2n) is 4.25. The van der Waals surface area contributed by atoms with E-state index in [4.69, 9.17) is 10.5 Å². The molecule has 0 radical (unpaired) electrons. The van der Waals surface area contributed by atoms with Crippen molar-refractivity contribution in [3.63, 3.8) is 0 Å². The first kappa shape index (κ1) is 13.9. The van der Waals surface area contributed by atoms with Crippen molar-refractivity contribution < 1.29 is 9.53 Å². The average molecular weight is 275 g/mol. The average Bonchev–Trinajstić information content (AvgIpc) is 2.84. The molecule has 0 aliphatic heterocycles. The van der Waals surface area contributed by atoms with E-state index in [1.807, 2.05) is 12.1 Å². The van der Waals surface area contributed by atoms with Gasteiger partial charge in [0.25, 0.3) is 0 Å². The third-order valence-electron chi connectivity index (χ3n) is 2.60. The monoisotopic (exact) mass is 275 g/mol. The Kier molecular flexibility index (Phi) is 4.54. The maximum atomic E-state index is 11.6. The summed E-state index contributed by atoms with van der Waals surface area (Å²) >= 11 is 0. The van der Waals surface area contributed by atoms with E-state index in [1.54, 1.807) is 30.2 Å². The summed E-state index contributed by atoms with van der Waals surface area (Å²) in [6.45, 7) is 0.586. The topological polar surface area (TPSA) is 95.1 Å². The normalized spacial score (nSPS) is 10.2. The number of nitrogens with two attached hydrogens (primary N) is 1. The summed E-state index contributed by atoms with van der Waals surface area (Å²) in [7, 11) is 1.77. The Labute approximate surface area is 116 Å². The minimum absolute atomic E-state index is 0.119. The van der Waals surface area contributed by atoms with Gasteiger partial charge in [0.05, 0.1) is 25.3 Å². The van der Waals surface area contributed by atoms with Crippen molar-refractivity contribution in [2.45, 2.75) is 13.0 Å². The van der Waals surface area contributed by atoms with Crippen molar-refractivity contribution in [2.24, 2.45) is 7.05 Å². The Balaban J connectivity index is 1.69. The molecule has 0 atom stereocenters. The van der Waals surface area contributed by atoms with Crippen LogP contribution in [0.3, 0.4) is 0 Å². The highest BCUT2D eigenvalue weighted by molar-refractivity contribution is 5.75. The number of anilines is 1. The highest BCUT2D eigenvalue weighted by Gasteiger charge is 2.05. The Morgan fingerprint density at radius 2 is 2.25 bits per heavy atom. The molecule has 1 aromatic heterocycles. The number of carbonyl (C=O) groups is 1. The molecule has 0 spiro atoms. The van der Waals surface area contributed by atoms with Gasteiger partial charge in [0.1, 0.15) is 12.1 Å². The maximum Gasteiger partial charge on any atom is 0.223 e. The fraction of sp³-hybridized carbons (Fsp3) is 0.308. The van der Waals surface area contributed by atoms with Crippen LogP contribution in [0.5, 0.6) is 5.75 Å². The summed E-state index contributed by atoms with van der Waals surface area (Å²) in [5, 5.41) is 6.79. The number of ether oxygens (including phenoxy) is 1. The van der Waals surface area contributed by atoms with E-state index in [2.05, 4.69) is 15.4 Å². The van der Waals surface area contributed by atoms with Crippen molar-refractivity contribution in [3.8, 4) is 5.75 Å². The Morgan fingerprint density at radius 1 is 1.45 bits per heavy atom. The number of benzene rings is 1. The van der Waals surface area contributed by atoms with Crippen LogP contribution in [0.25, 0.3) is 0 Å². The van der Waals surface area contributed by atoms with E-state index >= 15 is 0 Å². The molecule has 0 aliphatic rings. The second kappa shape index (κ2) is 6.55. The quantitative estimate of drug-likeness (QED) is 0.748. The predicted octanol–water partition coefficient (Wildman–Crippen LogP) is 0.483. The van der Waals surface area contributed by atoms with E-state index in [-0.39, 0.29) is 18.9 Å². The molecule has 1 heterocycles. The van der Waals surface area contributed by atoms with Gasteiger partial charge >= 0.3 is 0 Å². The molecule has 20 heavy (non-hydrogen) atoms. The molecular weight excluding hydrogens is 258 g/mol. The largest absolute Gasteiger partial charge is 0.491 e. The van der Waals surface area contributed by atoms with Gasteiger partial charge in [0, 0.05) is 7.05 Å². The van der Waals surface area contributed by atoms with E-state index in [0.29, 0.717) is 23.8 Å². The second-order valence-corrected chi connectivity index (χ2v) is 4.25. The first-order valence-corrected chi connectivity index (χ1v) is 6.23. The minimum Gasteiger partial charge on any atom is -0.491 e. The molecule has 0 unspecified atom stereocenters. The molecule has 0 fully saturated rings. The molecule has 0 saturated carbocycles. The summed E-state index contributed by atoms with van der Waals surface area (Å²) in [5.41, 5.74) is 6.29. The number of nitrogens with zero attached hydrogens (tertiary/aromatic N) is 3. The zero-order chi connectivity index (χ0) is 14.4. The van der Waals surface area contributed by atoms with E-state index in [9.17, 15) is 4.79 Å². The smallest absolute Gasteiger partial charge is 0.223 e. The lowest BCUT2D eigenvalue weighted by Crippen LogP contribution is -2.25. The fourth-order valence-electron chi connectivity index (χ4n) is 1.60. The summed E-state index contributed by atoms with van der Waals surface area (Å²) in [5.74, 6) is 1.05. The Bertz CT molecular complexity index is 582. The van der Waals surface area contributed by atoms with Gasteiger partial charge in [-0.3, -0.25) is 9.48 Å². The van der Waals surface area contributed by atoms with Gasteiger partial charge in [0.2, 0.25) is 5.91 Å². The molecule has 3 N–H and O–H groups in total. The summed E-state index contributed by atoms with van der Waals surface area (Å²) in [4.78, 5) is 15.6. The number of nitrogen functional groups attached to an aromatic ring is 1. The third kappa shape index (κ3) is 3.98. The van der Waals surface area contributed by atoms with Gasteiger partial charge in [-0.2, -0.15) is 5.10 Å². The van der Waals surface area contributed by atoms with Gasteiger partial charge in [-0.15, -0.1) is 0 Å².